The standard InChI is InChI=1S/C23H35BO3/c1-15(2)16-9-10-19(25-6)17(12-16)8-7-11-24-26-21-14-18-13-20(22(18,3)4)23(21,5)27-24/h9-10,12,15,18,20-21H,7-8,11,13-14H2,1-6H3/t18-,20-,21+,23-/m0/s1. The molecule has 0 N–H and O–H groups in total. The van der Waals surface area contributed by atoms with Gasteiger partial charge in [-0.2, -0.15) is 0 Å². The minimum absolute atomic E-state index is 0.0468. The number of benzene rings is 1. The predicted molar refractivity (Wildman–Crippen MR) is 110 cm³/mol. The SMILES string of the molecule is COc1ccc(C(C)C)cc1CCCB1O[C@@H]2C[C@@H]3C[C@@H](C3(C)C)[C@]2(C)O1. The second kappa shape index (κ2) is 6.81. The van der Waals surface area contributed by atoms with E-state index < -0.39 is 0 Å². The largest absolute Gasteiger partial charge is 0.496 e. The Morgan fingerprint density at radius 1 is 1.22 bits per heavy atom. The third kappa shape index (κ3) is 3.13. The third-order valence-corrected chi connectivity index (χ3v) is 7.86. The molecule has 1 heterocycles. The van der Waals surface area contributed by atoms with Crippen molar-refractivity contribution in [2.75, 3.05) is 7.11 Å². The van der Waals surface area contributed by atoms with Gasteiger partial charge in [-0.05, 0) is 72.9 Å². The number of rotatable bonds is 6. The molecule has 4 atom stereocenters. The molecule has 1 aliphatic heterocycles. The van der Waals surface area contributed by atoms with Crippen LogP contribution in [-0.2, 0) is 15.7 Å². The topological polar surface area (TPSA) is 27.7 Å². The van der Waals surface area contributed by atoms with Crippen molar-refractivity contribution in [2.24, 2.45) is 17.3 Å². The molecule has 3 saturated carbocycles. The Balaban J connectivity index is 1.37. The van der Waals surface area contributed by atoms with Crippen molar-refractivity contribution in [3.05, 3.63) is 29.3 Å². The first-order valence-corrected chi connectivity index (χ1v) is 10.8. The molecule has 3 aliphatic carbocycles. The van der Waals surface area contributed by atoms with Crippen LogP contribution in [0.5, 0.6) is 5.75 Å². The molecule has 1 aromatic rings. The lowest BCUT2D eigenvalue weighted by Gasteiger charge is -2.64. The highest BCUT2D eigenvalue weighted by molar-refractivity contribution is 6.45. The molecule has 0 amide bonds. The Morgan fingerprint density at radius 3 is 2.67 bits per heavy atom. The molecule has 148 valence electrons. The molecule has 1 aromatic carbocycles. The van der Waals surface area contributed by atoms with Gasteiger partial charge in [0.05, 0.1) is 18.8 Å². The molecule has 4 heteroatoms. The fourth-order valence-corrected chi connectivity index (χ4v) is 5.89. The van der Waals surface area contributed by atoms with E-state index in [2.05, 4.69) is 52.8 Å². The molecule has 4 fully saturated rings. The highest BCUT2D eigenvalue weighted by atomic mass is 16.7. The van der Waals surface area contributed by atoms with Crippen molar-refractivity contribution >= 4 is 7.12 Å². The van der Waals surface area contributed by atoms with E-state index in [1.807, 2.05) is 0 Å². The zero-order chi connectivity index (χ0) is 19.4. The van der Waals surface area contributed by atoms with Gasteiger partial charge in [-0.25, -0.2) is 0 Å². The van der Waals surface area contributed by atoms with Crippen LogP contribution >= 0.6 is 0 Å². The second-order valence-corrected chi connectivity index (χ2v) is 10.0. The van der Waals surface area contributed by atoms with E-state index in [0.717, 1.165) is 30.8 Å². The lowest BCUT2D eigenvalue weighted by Crippen LogP contribution is -2.65. The fourth-order valence-electron chi connectivity index (χ4n) is 5.89. The quantitative estimate of drug-likeness (QED) is 0.621. The molecular formula is C23H35BO3. The Hall–Kier alpha value is -0.995. The summed E-state index contributed by atoms with van der Waals surface area (Å²) in [5.41, 5.74) is 3.00. The van der Waals surface area contributed by atoms with Gasteiger partial charge in [0.25, 0.3) is 0 Å². The van der Waals surface area contributed by atoms with Gasteiger partial charge < -0.3 is 14.0 Å². The molecule has 0 spiro atoms. The molecule has 5 rings (SSSR count). The Morgan fingerprint density at radius 2 is 2.00 bits per heavy atom. The molecule has 0 radical (unpaired) electrons. The fraction of sp³-hybridized carbons (Fsp3) is 0.739. The van der Waals surface area contributed by atoms with Crippen molar-refractivity contribution in [1.29, 1.82) is 0 Å². The van der Waals surface area contributed by atoms with Crippen LogP contribution in [-0.4, -0.2) is 25.9 Å². The summed E-state index contributed by atoms with van der Waals surface area (Å²) in [5.74, 6) is 2.98. The number of aryl methyl sites for hydroxylation is 1. The summed E-state index contributed by atoms with van der Waals surface area (Å²) in [5, 5.41) is 0. The van der Waals surface area contributed by atoms with E-state index in [4.69, 9.17) is 14.0 Å². The first kappa shape index (κ1) is 19.3. The van der Waals surface area contributed by atoms with E-state index in [9.17, 15) is 0 Å². The summed E-state index contributed by atoms with van der Waals surface area (Å²) < 4.78 is 18.5. The molecule has 0 aromatic heterocycles. The van der Waals surface area contributed by atoms with Crippen molar-refractivity contribution in [2.45, 2.75) is 84.2 Å². The monoisotopic (exact) mass is 370 g/mol. The summed E-state index contributed by atoms with van der Waals surface area (Å²) in [7, 11) is 1.71. The maximum atomic E-state index is 6.54. The number of methoxy groups -OCH3 is 1. The molecule has 4 aliphatic rings. The maximum Gasteiger partial charge on any atom is 0.457 e. The van der Waals surface area contributed by atoms with Crippen molar-refractivity contribution < 1.29 is 14.0 Å². The maximum absolute atomic E-state index is 6.54. The lowest BCUT2D eigenvalue weighted by molar-refractivity contribution is -0.199. The summed E-state index contributed by atoms with van der Waals surface area (Å²) in [4.78, 5) is 0. The summed E-state index contributed by atoms with van der Waals surface area (Å²) in [6, 6.07) is 6.59. The molecule has 27 heavy (non-hydrogen) atoms. The van der Waals surface area contributed by atoms with E-state index >= 15 is 0 Å². The molecule has 1 saturated heterocycles. The zero-order valence-electron chi connectivity index (χ0n) is 17.9. The third-order valence-electron chi connectivity index (χ3n) is 7.86. The van der Waals surface area contributed by atoms with Crippen molar-refractivity contribution in [1.82, 2.24) is 0 Å². The first-order chi connectivity index (χ1) is 12.8. The Kier molecular flexibility index (Phi) is 4.87. The lowest BCUT2D eigenvalue weighted by atomic mass is 9.43. The Bertz CT molecular complexity index is 701. The van der Waals surface area contributed by atoms with Gasteiger partial charge >= 0.3 is 7.12 Å². The van der Waals surface area contributed by atoms with Crippen LogP contribution in [0.1, 0.15) is 70.9 Å². The smallest absolute Gasteiger partial charge is 0.457 e. The van der Waals surface area contributed by atoms with Crippen LogP contribution in [0.25, 0.3) is 0 Å². The molecule has 2 bridgehead atoms. The van der Waals surface area contributed by atoms with Crippen LogP contribution < -0.4 is 4.74 Å². The van der Waals surface area contributed by atoms with Gasteiger partial charge in [0, 0.05) is 0 Å². The van der Waals surface area contributed by atoms with Gasteiger partial charge in [0.15, 0.2) is 0 Å². The average molecular weight is 370 g/mol. The molecular weight excluding hydrogens is 335 g/mol. The minimum Gasteiger partial charge on any atom is -0.496 e. The van der Waals surface area contributed by atoms with Crippen LogP contribution in [0.4, 0.5) is 0 Å². The van der Waals surface area contributed by atoms with Gasteiger partial charge in [-0.15, -0.1) is 0 Å². The summed E-state index contributed by atoms with van der Waals surface area (Å²) in [6.07, 6.45) is 5.79. The number of hydrogen-bond acceptors (Lipinski definition) is 3. The number of hydrogen-bond donors (Lipinski definition) is 0. The van der Waals surface area contributed by atoms with E-state index in [-0.39, 0.29) is 18.8 Å². The van der Waals surface area contributed by atoms with Crippen LogP contribution in [0.3, 0.4) is 0 Å². The highest BCUT2D eigenvalue weighted by Crippen LogP contribution is 2.65. The molecule has 0 unspecified atom stereocenters. The highest BCUT2D eigenvalue weighted by Gasteiger charge is 2.67. The van der Waals surface area contributed by atoms with Crippen molar-refractivity contribution in [3.8, 4) is 5.75 Å². The zero-order valence-corrected chi connectivity index (χ0v) is 17.9. The number of ether oxygens (including phenoxy) is 1. The predicted octanol–water partition coefficient (Wildman–Crippen LogP) is 5.48. The van der Waals surface area contributed by atoms with E-state index in [1.54, 1.807) is 7.11 Å². The summed E-state index contributed by atoms with van der Waals surface area (Å²) >= 11 is 0. The van der Waals surface area contributed by atoms with E-state index in [0.29, 0.717) is 17.3 Å². The second-order valence-electron chi connectivity index (χ2n) is 10.0. The van der Waals surface area contributed by atoms with Crippen LogP contribution in [0.2, 0.25) is 6.32 Å². The van der Waals surface area contributed by atoms with Gasteiger partial charge in [0.1, 0.15) is 5.75 Å². The van der Waals surface area contributed by atoms with Gasteiger partial charge in [-0.3, -0.25) is 0 Å². The Labute approximate surface area is 165 Å². The average Bonchev–Trinajstić information content (AvgIpc) is 2.97. The summed E-state index contributed by atoms with van der Waals surface area (Å²) in [6.45, 7) is 11.6. The van der Waals surface area contributed by atoms with Gasteiger partial charge in [0.2, 0.25) is 0 Å². The first-order valence-electron chi connectivity index (χ1n) is 10.8. The van der Waals surface area contributed by atoms with Crippen LogP contribution in [0, 0.1) is 17.3 Å². The van der Waals surface area contributed by atoms with Crippen molar-refractivity contribution in [3.63, 3.8) is 0 Å². The minimum atomic E-state index is -0.0852. The molecule has 3 nitrogen and oxygen atoms in total. The van der Waals surface area contributed by atoms with E-state index in [1.165, 1.54) is 24.0 Å². The van der Waals surface area contributed by atoms with Gasteiger partial charge in [-0.1, -0.05) is 46.2 Å². The normalized spacial score (nSPS) is 33.7. The van der Waals surface area contributed by atoms with Crippen LogP contribution in [0.15, 0.2) is 18.2 Å².